The summed E-state index contributed by atoms with van der Waals surface area (Å²) in [6.07, 6.45) is 0. The zero-order valence-electron chi connectivity index (χ0n) is 15.1. The van der Waals surface area contributed by atoms with E-state index in [4.69, 9.17) is 11.6 Å². The predicted molar refractivity (Wildman–Crippen MR) is 105 cm³/mol. The second kappa shape index (κ2) is 7.20. The fourth-order valence-corrected chi connectivity index (χ4v) is 4.36. The summed E-state index contributed by atoms with van der Waals surface area (Å²) in [5.74, 6) is -1.39. The quantitative estimate of drug-likeness (QED) is 0.606. The Morgan fingerprint density at radius 3 is 2.52 bits per heavy atom. The van der Waals surface area contributed by atoms with Gasteiger partial charge in [-0.15, -0.1) is 11.3 Å². The molecule has 3 aromatic rings. The Bertz CT molecular complexity index is 1120. The third-order valence-corrected chi connectivity index (χ3v) is 5.96. The molecule has 5 nitrogen and oxygen atoms in total. The van der Waals surface area contributed by atoms with Crippen LogP contribution in [-0.2, 0) is 16.9 Å². The van der Waals surface area contributed by atoms with Crippen LogP contribution in [0.5, 0.6) is 0 Å². The van der Waals surface area contributed by atoms with Gasteiger partial charge in [0, 0.05) is 21.5 Å². The lowest BCUT2D eigenvalue weighted by Crippen LogP contribution is -2.41. The first-order valence-electron chi connectivity index (χ1n) is 8.58. The zero-order chi connectivity index (χ0) is 20.8. The van der Waals surface area contributed by atoms with Gasteiger partial charge in [-0.2, -0.15) is 0 Å². The lowest BCUT2D eigenvalue weighted by atomic mass is 9.92. The number of halogens is 3. The molecule has 1 fully saturated rings. The van der Waals surface area contributed by atoms with Crippen molar-refractivity contribution in [3.05, 3.63) is 75.8 Å². The molecule has 148 valence electrons. The smallest absolute Gasteiger partial charge is 0.319 e. The topological polar surface area (TPSA) is 62.3 Å². The Balaban J connectivity index is 1.58. The molecule has 0 radical (unpaired) electrons. The molecule has 9 heteroatoms. The first kappa shape index (κ1) is 19.5. The average Bonchev–Trinajstić information content (AvgIpc) is 3.21. The van der Waals surface area contributed by atoms with Gasteiger partial charge >= 0.3 is 6.03 Å². The molecule has 1 aliphatic rings. The number of benzene rings is 2. The van der Waals surface area contributed by atoms with Gasteiger partial charge in [0.1, 0.15) is 22.2 Å². The van der Waals surface area contributed by atoms with E-state index in [1.165, 1.54) is 42.5 Å². The maximum absolute atomic E-state index is 13.4. The van der Waals surface area contributed by atoms with E-state index < -0.39 is 23.3 Å². The number of urea groups is 1. The highest BCUT2D eigenvalue weighted by Crippen LogP contribution is 2.35. The highest BCUT2D eigenvalue weighted by molar-refractivity contribution is 7.13. The third-order valence-electron chi connectivity index (χ3n) is 4.71. The summed E-state index contributed by atoms with van der Waals surface area (Å²) >= 11 is 7.43. The minimum Gasteiger partial charge on any atom is -0.319 e. The molecule has 1 atom stereocenters. The molecule has 0 saturated carbocycles. The molecular formula is C20H14ClF2N3O2S. The number of thiazole rings is 1. The second-order valence-corrected chi connectivity index (χ2v) is 7.99. The highest BCUT2D eigenvalue weighted by Gasteiger charge is 2.50. The molecular weight excluding hydrogens is 420 g/mol. The number of carbonyl (C=O) groups is 2. The van der Waals surface area contributed by atoms with Gasteiger partial charge in [0.05, 0.1) is 12.2 Å². The van der Waals surface area contributed by atoms with Crippen molar-refractivity contribution in [2.75, 3.05) is 0 Å². The summed E-state index contributed by atoms with van der Waals surface area (Å²) in [6, 6.07) is 8.98. The van der Waals surface area contributed by atoms with Crippen LogP contribution in [0.25, 0.3) is 10.6 Å². The molecule has 1 unspecified atom stereocenters. The first-order valence-corrected chi connectivity index (χ1v) is 9.83. The van der Waals surface area contributed by atoms with Gasteiger partial charge in [-0.05, 0) is 43.3 Å². The summed E-state index contributed by atoms with van der Waals surface area (Å²) < 4.78 is 26.5. The van der Waals surface area contributed by atoms with Crippen LogP contribution < -0.4 is 5.32 Å². The number of imide groups is 1. The molecule has 0 bridgehead atoms. The number of nitrogens with zero attached hydrogens (tertiary/aromatic N) is 2. The van der Waals surface area contributed by atoms with Gasteiger partial charge in [0.2, 0.25) is 0 Å². The van der Waals surface area contributed by atoms with Crippen LogP contribution in [0.2, 0.25) is 5.02 Å². The highest BCUT2D eigenvalue weighted by atomic mass is 35.5. The van der Waals surface area contributed by atoms with E-state index >= 15 is 0 Å². The zero-order valence-corrected chi connectivity index (χ0v) is 16.7. The molecule has 4 rings (SSSR count). The fourth-order valence-electron chi connectivity index (χ4n) is 3.18. The maximum atomic E-state index is 13.4. The lowest BCUT2D eigenvalue weighted by Gasteiger charge is -2.23. The Morgan fingerprint density at radius 2 is 1.83 bits per heavy atom. The largest absolute Gasteiger partial charge is 0.325 e. The Labute approximate surface area is 173 Å². The minimum atomic E-state index is -1.41. The van der Waals surface area contributed by atoms with E-state index in [1.807, 2.05) is 0 Å². The van der Waals surface area contributed by atoms with Crippen molar-refractivity contribution < 1.29 is 18.4 Å². The van der Waals surface area contributed by atoms with Crippen molar-refractivity contribution in [1.29, 1.82) is 0 Å². The molecule has 1 N–H and O–H groups in total. The molecule has 2 heterocycles. The number of hydrogen-bond donors (Lipinski definition) is 1. The number of nitrogens with one attached hydrogen (secondary N) is 1. The van der Waals surface area contributed by atoms with Gasteiger partial charge < -0.3 is 5.32 Å². The average molecular weight is 434 g/mol. The van der Waals surface area contributed by atoms with Crippen molar-refractivity contribution in [3.63, 3.8) is 0 Å². The number of rotatable bonds is 4. The molecule has 1 aliphatic heterocycles. The molecule has 3 amide bonds. The van der Waals surface area contributed by atoms with Crippen LogP contribution in [0.15, 0.2) is 47.8 Å². The van der Waals surface area contributed by atoms with Gasteiger partial charge in [0.25, 0.3) is 5.91 Å². The Morgan fingerprint density at radius 1 is 1.14 bits per heavy atom. The van der Waals surface area contributed by atoms with E-state index in [0.29, 0.717) is 16.3 Å². The van der Waals surface area contributed by atoms with E-state index in [9.17, 15) is 18.4 Å². The van der Waals surface area contributed by atoms with Gasteiger partial charge in [-0.3, -0.25) is 9.69 Å². The predicted octanol–water partition coefficient (Wildman–Crippen LogP) is 4.71. The van der Waals surface area contributed by atoms with Crippen molar-refractivity contribution >= 4 is 34.9 Å². The fraction of sp³-hybridized carbons (Fsp3) is 0.150. The van der Waals surface area contributed by atoms with Crippen LogP contribution in [0, 0.1) is 11.6 Å². The standard InChI is InChI=1S/C20H14ClF2N3O2S/c1-20(15-7-6-13(23)8-16(15)21)18(27)26(19(28)25-20)9-14-10-29-17(24-14)11-2-4-12(22)5-3-11/h2-8,10H,9H2,1H3,(H,25,28). The monoisotopic (exact) mass is 433 g/mol. The number of amides is 3. The van der Waals surface area contributed by atoms with Crippen molar-refractivity contribution in [2.45, 2.75) is 19.0 Å². The van der Waals surface area contributed by atoms with Crippen LogP contribution in [-0.4, -0.2) is 21.8 Å². The summed E-state index contributed by atoms with van der Waals surface area (Å²) in [5.41, 5.74) is 0.166. The lowest BCUT2D eigenvalue weighted by molar-refractivity contribution is -0.131. The molecule has 1 aromatic heterocycles. The second-order valence-electron chi connectivity index (χ2n) is 6.72. The summed E-state index contributed by atoms with van der Waals surface area (Å²) in [7, 11) is 0. The first-order chi connectivity index (χ1) is 13.8. The number of aromatic nitrogens is 1. The number of carbonyl (C=O) groups excluding carboxylic acids is 2. The van der Waals surface area contributed by atoms with Crippen molar-refractivity contribution in [3.8, 4) is 10.6 Å². The summed E-state index contributed by atoms with van der Waals surface area (Å²) in [5, 5.41) is 5.07. The molecule has 29 heavy (non-hydrogen) atoms. The molecule has 0 aliphatic carbocycles. The number of hydrogen-bond acceptors (Lipinski definition) is 4. The SMILES string of the molecule is CC1(c2ccc(F)cc2Cl)NC(=O)N(Cc2csc(-c3ccc(F)cc3)n2)C1=O. The maximum Gasteiger partial charge on any atom is 0.325 e. The van der Waals surface area contributed by atoms with Crippen LogP contribution in [0.3, 0.4) is 0 Å². The molecule has 1 saturated heterocycles. The molecule has 2 aromatic carbocycles. The van der Waals surface area contributed by atoms with Crippen LogP contribution in [0.1, 0.15) is 18.2 Å². The Kier molecular flexibility index (Phi) is 4.84. The van der Waals surface area contributed by atoms with Gasteiger partial charge in [-0.25, -0.2) is 18.6 Å². The van der Waals surface area contributed by atoms with Gasteiger partial charge in [0.15, 0.2) is 0 Å². The van der Waals surface area contributed by atoms with Crippen LogP contribution in [0.4, 0.5) is 13.6 Å². The van der Waals surface area contributed by atoms with E-state index in [1.54, 1.807) is 17.5 Å². The van der Waals surface area contributed by atoms with E-state index in [0.717, 1.165) is 16.5 Å². The van der Waals surface area contributed by atoms with Crippen LogP contribution >= 0.6 is 22.9 Å². The summed E-state index contributed by atoms with van der Waals surface area (Å²) in [6.45, 7) is 1.49. The Hall–Kier alpha value is -2.84. The van der Waals surface area contributed by atoms with E-state index in [2.05, 4.69) is 10.3 Å². The normalized spacial score (nSPS) is 19.0. The minimum absolute atomic E-state index is 0.0310. The third kappa shape index (κ3) is 3.49. The van der Waals surface area contributed by atoms with Gasteiger partial charge in [-0.1, -0.05) is 17.7 Å². The van der Waals surface area contributed by atoms with Crippen molar-refractivity contribution in [2.24, 2.45) is 0 Å². The summed E-state index contributed by atoms with van der Waals surface area (Å²) in [4.78, 5) is 31.0. The molecule has 0 spiro atoms. The van der Waals surface area contributed by atoms with Crippen molar-refractivity contribution in [1.82, 2.24) is 15.2 Å². The van der Waals surface area contributed by atoms with E-state index in [-0.39, 0.29) is 17.4 Å².